The van der Waals surface area contributed by atoms with Gasteiger partial charge in [0, 0.05) is 35.9 Å². The molecule has 0 spiro atoms. The second-order valence-corrected chi connectivity index (χ2v) is 7.11. The number of ether oxygens (including phenoxy) is 1. The van der Waals surface area contributed by atoms with Crippen molar-refractivity contribution in [2.24, 2.45) is 0 Å². The van der Waals surface area contributed by atoms with Gasteiger partial charge in [-0.15, -0.1) is 0 Å². The van der Waals surface area contributed by atoms with E-state index in [1.54, 1.807) is 6.26 Å². The van der Waals surface area contributed by atoms with Gasteiger partial charge < -0.3 is 4.74 Å². The zero-order valence-corrected chi connectivity index (χ0v) is 13.4. The number of morpholine rings is 1. The van der Waals surface area contributed by atoms with Gasteiger partial charge >= 0.3 is 0 Å². The zero-order valence-electron chi connectivity index (χ0n) is 12.6. The normalized spacial score (nSPS) is 18.6. The molecule has 0 aliphatic carbocycles. The minimum atomic E-state index is -0.593. The molecule has 0 aromatic carbocycles. The quantitative estimate of drug-likeness (QED) is 0.548. The summed E-state index contributed by atoms with van der Waals surface area (Å²) < 4.78 is 16.2. The molecule has 19 heavy (non-hydrogen) atoms. The van der Waals surface area contributed by atoms with Gasteiger partial charge in [-0.2, -0.15) is 0 Å². The number of hydrogen-bond acceptors (Lipinski definition) is 3. The number of rotatable bonds is 11. The summed E-state index contributed by atoms with van der Waals surface area (Å²) in [5, 5.41) is 0. The van der Waals surface area contributed by atoms with E-state index in [9.17, 15) is 4.21 Å². The highest BCUT2D eigenvalue weighted by Gasteiger charge is 2.08. The molecular weight excluding hydrogens is 258 g/mol. The fourth-order valence-electron chi connectivity index (χ4n) is 2.53. The molecule has 1 rings (SSSR count). The lowest BCUT2D eigenvalue weighted by Gasteiger charge is -2.26. The topological polar surface area (TPSA) is 29.5 Å². The maximum absolute atomic E-state index is 10.9. The molecule has 1 unspecified atom stereocenters. The van der Waals surface area contributed by atoms with E-state index in [4.69, 9.17) is 4.74 Å². The molecule has 1 aliphatic heterocycles. The predicted molar refractivity (Wildman–Crippen MR) is 83.1 cm³/mol. The minimum absolute atomic E-state index is 0.593. The van der Waals surface area contributed by atoms with Crippen molar-refractivity contribution >= 4 is 10.8 Å². The molecule has 114 valence electrons. The van der Waals surface area contributed by atoms with Crippen molar-refractivity contribution in [3.63, 3.8) is 0 Å². The molecule has 0 aromatic heterocycles. The molecule has 0 saturated carbocycles. The second kappa shape index (κ2) is 11.9. The van der Waals surface area contributed by atoms with Crippen molar-refractivity contribution < 1.29 is 8.95 Å². The van der Waals surface area contributed by atoms with Crippen molar-refractivity contribution in [1.29, 1.82) is 0 Å². The van der Waals surface area contributed by atoms with Gasteiger partial charge in [0.25, 0.3) is 0 Å². The summed E-state index contributed by atoms with van der Waals surface area (Å²) in [6.45, 7) is 5.34. The fraction of sp³-hybridized carbons (Fsp3) is 1.00. The van der Waals surface area contributed by atoms with Crippen molar-refractivity contribution in [3.8, 4) is 0 Å². The van der Waals surface area contributed by atoms with Gasteiger partial charge in [0.1, 0.15) is 0 Å². The Kier molecular flexibility index (Phi) is 10.7. The number of unbranched alkanes of at least 4 members (excludes halogenated alkanes) is 7. The molecule has 0 aromatic rings. The lowest BCUT2D eigenvalue weighted by Crippen LogP contribution is -2.36. The highest BCUT2D eigenvalue weighted by atomic mass is 32.2. The molecule has 1 atom stereocenters. The lowest BCUT2D eigenvalue weighted by atomic mass is 10.1. The largest absolute Gasteiger partial charge is 0.379 e. The molecule has 1 fully saturated rings. The van der Waals surface area contributed by atoms with Crippen molar-refractivity contribution in [2.75, 3.05) is 44.9 Å². The van der Waals surface area contributed by atoms with Crippen molar-refractivity contribution in [2.45, 2.75) is 51.4 Å². The summed E-state index contributed by atoms with van der Waals surface area (Å²) in [5.74, 6) is 0.888. The fourth-order valence-corrected chi connectivity index (χ4v) is 3.14. The Morgan fingerprint density at radius 1 is 0.895 bits per heavy atom. The standard InChI is InChI=1S/C15H31NO2S/c1-19(17)15-9-7-5-3-2-4-6-8-10-16-11-13-18-14-12-16/h2-15H2,1H3. The van der Waals surface area contributed by atoms with E-state index >= 15 is 0 Å². The van der Waals surface area contributed by atoms with E-state index in [1.165, 1.54) is 51.5 Å². The van der Waals surface area contributed by atoms with E-state index in [-0.39, 0.29) is 0 Å². The average Bonchev–Trinajstić information content (AvgIpc) is 2.42. The zero-order chi connectivity index (χ0) is 13.8. The van der Waals surface area contributed by atoms with Crippen LogP contribution >= 0.6 is 0 Å². The molecular formula is C15H31NO2S. The molecule has 4 heteroatoms. The molecule has 3 nitrogen and oxygen atoms in total. The molecule has 1 heterocycles. The van der Waals surface area contributed by atoms with Crippen molar-refractivity contribution in [1.82, 2.24) is 4.90 Å². The number of nitrogens with zero attached hydrogens (tertiary/aromatic N) is 1. The minimum Gasteiger partial charge on any atom is -0.379 e. The third-order valence-corrected chi connectivity index (χ3v) is 4.62. The van der Waals surface area contributed by atoms with Crippen LogP contribution in [0.5, 0.6) is 0 Å². The van der Waals surface area contributed by atoms with Crippen LogP contribution in [0.1, 0.15) is 51.4 Å². The highest BCUT2D eigenvalue weighted by molar-refractivity contribution is 7.84. The first-order valence-corrected chi connectivity index (χ1v) is 9.62. The van der Waals surface area contributed by atoms with E-state index < -0.39 is 10.8 Å². The van der Waals surface area contributed by atoms with E-state index in [0.29, 0.717) is 0 Å². The smallest absolute Gasteiger partial charge is 0.0594 e. The van der Waals surface area contributed by atoms with Crippen LogP contribution in [0.4, 0.5) is 0 Å². The van der Waals surface area contributed by atoms with Gasteiger partial charge in [-0.3, -0.25) is 9.11 Å². The van der Waals surface area contributed by atoms with Crippen LogP contribution in [0.25, 0.3) is 0 Å². The Morgan fingerprint density at radius 3 is 2.00 bits per heavy atom. The highest BCUT2D eigenvalue weighted by Crippen LogP contribution is 2.09. The Balaban J connectivity index is 1.74. The Hall–Kier alpha value is 0.0700. The second-order valence-electron chi connectivity index (χ2n) is 5.56. The maximum Gasteiger partial charge on any atom is 0.0594 e. The lowest BCUT2D eigenvalue weighted by molar-refractivity contribution is 0.0371. The van der Waals surface area contributed by atoms with Gasteiger partial charge in [-0.1, -0.05) is 38.5 Å². The SMILES string of the molecule is CS(=O)CCCCCCCCCCN1CCOCC1. The van der Waals surface area contributed by atoms with Gasteiger partial charge in [0.05, 0.1) is 13.2 Å². The molecule has 0 amide bonds. The van der Waals surface area contributed by atoms with Gasteiger partial charge in [0.15, 0.2) is 0 Å². The van der Waals surface area contributed by atoms with Gasteiger partial charge in [-0.05, 0) is 19.4 Å². The van der Waals surface area contributed by atoms with Crippen LogP contribution < -0.4 is 0 Å². The summed E-state index contributed by atoms with van der Waals surface area (Å²) >= 11 is 0. The van der Waals surface area contributed by atoms with Crippen LogP contribution in [-0.2, 0) is 15.5 Å². The average molecular weight is 289 g/mol. The molecule has 1 saturated heterocycles. The molecule has 0 bridgehead atoms. The predicted octanol–water partition coefficient (Wildman–Crippen LogP) is 2.82. The molecule has 0 radical (unpaired) electrons. The first-order valence-electron chi connectivity index (χ1n) is 7.89. The third kappa shape index (κ3) is 10.5. The molecule has 1 aliphatic rings. The van der Waals surface area contributed by atoms with Crippen molar-refractivity contribution in [3.05, 3.63) is 0 Å². The maximum atomic E-state index is 10.9. The third-order valence-electron chi connectivity index (χ3n) is 3.76. The monoisotopic (exact) mass is 289 g/mol. The van der Waals surface area contributed by atoms with Crippen LogP contribution in [-0.4, -0.2) is 54.0 Å². The Morgan fingerprint density at radius 2 is 1.42 bits per heavy atom. The summed E-state index contributed by atoms with van der Waals surface area (Å²) in [7, 11) is -0.593. The first kappa shape index (κ1) is 17.1. The summed E-state index contributed by atoms with van der Waals surface area (Å²) in [4.78, 5) is 2.52. The van der Waals surface area contributed by atoms with Crippen LogP contribution in [0.3, 0.4) is 0 Å². The summed E-state index contributed by atoms with van der Waals surface area (Å²) in [5.41, 5.74) is 0. The molecule has 0 N–H and O–H groups in total. The summed E-state index contributed by atoms with van der Waals surface area (Å²) in [6.07, 6.45) is 12.3. The van der Waals surface area contributed by atoms with Crippen LogP contribution in [0, 0.1) is 0 Å². The first-order chi connectivity index (χ1) is 9.29. The van der Waals surface area contributed by atoms with Crippen LogP contribution in [0.15, 0.2) is 0 Å². The Bertz CT molecular complexity index is 230. The number of hydrogen-bond donors (Lipinski definition) is 0. The Labute approximate surface area is 121 Å². The summed E-state index contributed by atoms with van der Waals surface area (Å²) in [6, 6.07) is 0. The van der Waals surface area contributed by atoms with E-state index in [2.05, 4.69) is 4.90 Å². The van der Waals surface area contributed by atoms with E-state index in [0.717, 1.165) is 38.5 Å². The van der Waals surface area contributed by atoms with E-state index in [1.807, 2.05) is 0 Å². The van der Waals surface area contributed by atoms with Gasteiger partial charge in [0.2, 0.25) is 0 Å². The van der Waals surface area contributed by atoms with Gasteiger partial charge in [-0.25, -0.2) is 0 Å². The van der Waals surface area contributed by atoms with Crippen LogP contribution in [0.2, 0.25) is 0 Å².